The van der Waals surface area contributed by atoms with Crippen molar-refractivity contribution in [1.29, 1.82) is 0 Å². The maximum absolute atomic E-state index is 9.33. The molecule has 1 N–H and O–H groups in total. The Hall–Kier alpha value is -1.48. The molecule has 0 aliphatic heterocycles. The molecule has 0 heterocycles. The normalized spacial score (nSPS) is 10.1. The third kappa shape index (κ3) is 2.76. The lowest BCUT2D eigenvalue weighted by Gasteiger charge is -2.08. The minimum atomic E-state index is 0.200. The van der Waals surface area contributed by atoms with Crippen LogP contribution in [0.1, 0.15) is 5.56 Å². The lowest BCUT2D eigenvalue weighted by molar-refractivity contribution is 0.302. The summed E-state index contributed by atoms with van der Waals surface area (Å²) in [6, 6.07) is 14.9. The lowest BCUT2D eigenvalue weighted by Crippen LogP contribution is -1.95. The van der Waals surface area contributed by atoms with E-state index in [0.717, 1.165) is 10.0 Å². The fourth-order valence-electron chi connectivity index (χ4n) is 1.34. The monoisotopic (exact) mass is 278 g/mol. The smallest absolute Gasteiger partial charge is 0.137 e. The summed E-state index contributed by atoms with van der Waals surface area (Å²) < 4.78 is 6.43. The van der Waals surface area contributed by atoms with Gasteiger partial charge in [-0.15, -0.1) is 0 Å². The highest BCUT2D eigenvalue weighted by Crippen LogP contribution is 2.29. The summed E-state index contributed by atoms with van der Waals surface area (Å²) in [6.45, 7) is 0.489. The third-order valence-corrected chi connectivity index (χ3v) is 2.81. The van der Waals surface area contributed by atoms with Crippen molar-refractivity contribution in [2.24, 2.45) is 0 Å². The van der Waals surface area contributed by atoms with Gasteiger partial charge in [-0.2, -0.15) is 0 Å². The molecule has 0 atom stereocenters. The van der Waals surface area contributed by atoms with Gasteiger partial charge < -0.3 is 9.84 Å². The molecule has 0 radical (unpaired) electrons. The first kappa shape index (κ1) is 11.0. The molecule has 0 amide bonds. The minimum Gasteiger partial charge on any atom is -0.508 e. The summed E-state index contributed by atoms with van der Waals surface area (Å²) in [5, 5.41) is 9.33. The highest BCUT2D eigenvalue weighted by atomic mass is 79.9. The van der Waals surface area contributed by atoms with Crippen LogP contribution in [0, 0.1) is 0 Å². The van der Waals surface area contributed by atoms with Gasteiger partial charge in [0.15, 0.2) is 0 Å². The van der Waals surface area contributed by atoms with Gasteiger partial charge in [0.1, 0.15) is 18.1 Å². The van der Waals surface area contributed by atoms with E-state index < -0.39 is 0 Å². The number of aromatic hydroxyl groups is 1. The fraction of sp³-hybridized carbons (Fsp3) is 0.0769. The average Bonchev–Trinajstić information content (AvgIpc) is 2.32. The van der Waals surface area contributed by atoms with Crippen LogP contribution in [0.5, 0.6) is 11.5 Å². The van der Waals surface area contributed by atoms with Crippen molar-refractivity contribution >= 4 is 15.9 Å². The Labute approximate surface area is 103 Å². The molecule has 2 aromatic rings. The molecule has 0 unspecified atom stereocenters. The Morgan fingerprint density at radius 2 is 1.81 bits per heavy atom. The quantitative estimate of drug-likeness (QED) is 0.927. The maximum Gasteiger partial charge on any atom is 0.137 e. The SMILES string of the molecule is Oc1ccc(Br)c(OCc2ccccc2)c1. The molecular formula is C13H11BrO2. The topological polar surface area (TPSA) is 29.5 Å². The zero-order chi connectivity index (χ0) is 11.4. The molecule has 0 aliphatic rings. The summed E-state index contributed by atoms with van der Waals surface area (Å²) in [4.78, 5) is 0. The molecule has 0 aliphatic carbocycles. The van der Waals surface area contributed by atoms with Crippen molar-refractivity contribution in [3.63, 3.8) is 0 Å². The van der Waals surface area contributed by atoms with Gasteiger partial charge in [-0.1, -0.05) is 30.3 Å². The van der Waals surface area contributed by atoms with Crippen molar-refractivity contribution in [3.8, 4) is 11.5 Å². The van der Waals surface area contributed by atoms with Gasteiger partial charge in [-0.3, -0.25) is 0 Å². The van der Waals surface area contributed by atoms with E-state index in [1.54, 1.807) is 18.2 Å². The van der Waals surface area contributed by atoms with Crippen LogP contribution in [0.4, 0.5) is 0 Å². The van der Waals surface area contributed by atoms with E-state index in [1.165, 1.54) is 0 Å². The van der Waals surface area contributed by atoms with Crippen LogP contribution in [0.25, 0.3) is 0 Å². The molecule has 2 nitrogen and oxygen atoms in total. The maximum atomic E-state index is 9.33. The number of benzene rings is 2. The van der Waals surface area contributed by atoms with Crippen molar-refractivity contribution in [1.82, 2.24) is 0 Å². The van der Waals surface area contributed by atoms with E-state index in [2.05, 4.69) is 15.9 Å². The van der Waals surface area contributed by atoms with E-state index in [1.807, 2.05) is 30.3 Å². The molecule has 0 saturated carbocycles. The van der Waals surface area contributed by atoms with Crippen molar-refractivity contribution in [3.05, 3.63) is 58.6 Å². The average molecular weight is 279 g/mol. The van der Waals surface area contributed by atoms with E-state index >= 15 is 0 Å². The Morgan fingerprint density at radius 3 is 2.56 bits per heavy atom. The summed E-state index contributed by atoms with van der Waals surface area (Å²) in [5.41, 5.74) is 1.10. The first-order valence-electron chi connectivity index (χ1n) is 4.91. The molecule has 2 aromatic carbocycles. The highest BCUT2D eigenvalue weighted by Gasteiger charge is 2.02. The summed E-state index contributed by atoms with van der Waals surface area (Å²) >= 11 is 3.37. The molecule has 0 spiro atoms. The lowest BCUT2D eigenvalue weighted by atomic mass is 10.2. The number of ether oxygens (including phenoxy) is 1. The molecule has 3 heteroatoms. The summed E-state index contributed by atoms with van der Waals surface area (Å²) in [5.74, 6) is 0.843. The molecule has 2 rings (SSSR count). The van der Waals surface area contributed by atoms with E-state index in [4.69, 9.17) is 4.74 Å². The number of hydrogen-bond acceptors (Lipinski definition) is 2. The first-order valence-corrected chi connectivity index (χ1v) is 5.70. The van der Waals surface area contributed by atoms with E-state index in [-0.39, 0.29) is 5.75 Å². The molecule has 0 fully saturated rings. The standard InChI is InChI=1S/C13H11BrO2/c14-12-7-6-11(15)8-13(12)16-9-10-4-2-1-3-5-10/h1-8,15H,9H2. The van der Waals surface area contributed by atoms with Crippen LogP contribution >= 0.6 is 15.9 Å². The Morgan fingerprint density at radius 1 is 1.06 bits per heavy atom. The van der Waals surface area contributed by atoms with Gasteiger partial charge in [0.05, 0.1) is 4.47 Å². The number of halogens is 1. The number of rotatable bonds is 3. The summed E-state index contributed by atoms with van der Waals surface area (Å²) in [7, 11) is 0. The first-order chi connectivity index (χ1) is 7.75. The minimum absolute atomic E-state index is 0.200. The van der Waals surface area contributed by atoms with Gasteiger partial charge >= 0.3 is 0 Å². The van der Waals surface area contributed by atoms with Gasteiger partial charge in [0.25, 0.3) is 0 Å². The molecule has 0 aromatic heterocycles. The number of phenolic OH excluding ortho intramolecular Hbond substituents is 1. The number of phenols is 1. The molecule has 16 heavy (non-hydrogen) atoms. The van der Waals surface area contributed by atoms with Crippen LogP contribution in [0.15, 0.2) is 53.0 Å². The van der Waals surface area contributed by atoms with E-state index in [9.17, 15) is 5.11 Å². The summed E-state index contributed by atoms with van der Waals surface area (Å²) in [6.07, 6.45) is 0. The number of hydrogen-bond donors (Lipinski definition) is 1. The largest absolute Gasteiger partial charge is 0.508 e. The van der Waals surface area contributed by atoms with Crippen LogP contribution in [-0.4, -0.2) is 5.11 Å². The fourth-order valence-corrected chi connectivity index (χ4v) is 1.70. The van der Waals surface area contributed by atoms with Crippen LogP contribution in [-0.2, 0) is 6.61 Å². The van der Waals surface area contributed by atoms with E-state index in [0.29, 0.717) is 12.4 Å². The zero-order valence-corrected chi connectivity index (χ0v) is 10.1. The van der Waals surface area contributed by atoms with Gasteiger partial charge in [-0.05, 0) is 33.6 Å². The van der Waals surface area contributed by atoms with Crippen LogP contribution < -0.4 is 4.74 Å². The Bertz CT molecular complexity index is 469. The van der Waals surface area contributed by atoms with Gasteiger partial charge in [0, 0.05) is 6.07 Å². The predicted molar refractivity (Wildman–Crippen MR) is 66.6 cm³/mol. The predicted octanol–water partition coefficient (Wildman–Crippen LogP) is 3.73. The second-order valence-electron chi connectivity index (χ2n) is 3.39. The highest BCUT2D eigenvalue weighted by molar-refractivity contribution is 9.10. The van der Waals surface area contributed by atoms with Crippen molar-refractivity contribution in [2.75, 3.05) is 0 Å². The van der Waals surface area contributed by atoms with Crippen molar-refractivity contribution in [2.45, 2.75) is 6.61 Å². The zero-order valence-electron chi connectivity index (χ0n) is 8.56. The molecule has 0 saturated heterocycles. The second kappa shape index (κ2) is 5.03. The Balaban J connectivity index is 2.08. The molecule has 82 valence electrons. The Kier molecular flexibility index (Phi) is 3.47. The van der Waals surface area contributed by atoms with Crippen LogP contribution in [0.2, 0.25) is 0 Å². The molecule has 0 bridgehead atoms. The second-order valence-corrected chi connectivity index (χ2v) is 4.24. The van der Waals surface area contributed by atoms with Gasteiger partial charge in [-0.25, -0.2) is 0 Å². The third-order valence-electron chi connectivity index (χ3n) is 2.15. The van der Waals surface area contributed by atoms with Crippen molar-refractivity contribution < 1.29 is 9.84 Å². The van der Waals surface area contributed by atoms with Gasteiger partial charge in [0.2, 0.25) is 0 Å². The molecular weight excluding hydrogens is 268 g/mol. The van der Waals surface area contributed by atoms with Crippen LogP contribution in [0.3, 0.4) is 0 Å².